The normalized spacial score (nSPS) is 23.9. The Morgan fingerprint density at radius 1 is 0.933 bits per heavy atom. The number of hydrogen-bond donors (Lipinski definition) is 4. The number of aromatic nitrogens is 1. The van der Waals surface area contributed by atoms with E-state index >= 15 is 0 Å². The van der Waals surface area contributed by atoms with Gasteiger partial charge in [0, 0.05) is 67.2 Å². The number of amides is 4. The van der Waals surface area contributed by atoms with Gasteiger partial charge in [0.1, 0.15) is 6.04 Å². The number of urea groups is 1. The molecule has 0 radical (unpaired) electrons. The second-order valence-corrected chi connectivity index (χ2v) is 13.7. The Bertz CT molecular complexity index is 1550. The minimum atomic E-state index is -0.713. The van der Waals surface area contributed by atoms with Crippen molar-refractivity contribution < 1.29 is 14.4 Å². The van der Waals surface area contributed by atoms with Gasteiger partial charge in [0.2, 0.25) is 11.8 Å². The molecule has 238 valence electrons. The molecule has 3 aliphatic heterocycles. The Morgan fingerprint density at radius 2 is 1.69 bits per heavy atom. The highest BCUT2D eigenvalue weighted by molar-refractivity contribution is 5.91. The van der Waals surface area contributed by atoms with Crippen molar-refractivity contribution in [1.29, 1.82) is 0 Å². The highest BCUT2D eigenvalue weighted by Crippen LogP contribution is 2.52. The number of nitrogens with one attached hydrogen (secondary N) is 4. The molecule has 4 heterocycles. The molecule has 3 saturated heterocycles. The molecule has 7 rings (SSSR count). The maximum atomic E-state index is 14.4. The maximum Gasteiger partial charge on any atom is 0.315 e. The van der Waals surface area contributed by atoms with Gasteiger partial charge in [0.25, 0.3) is 0 Å². The first-order valence-electron chi connectivity index (χ1n) is 16.9. The summed E-state index contributed by atoms with van der Waals surface area (Å²) in [5, 5.41) is 10.6. The molecule has 9 nitrogen and oxygen atoms in total. The van der Waals surface area contributed by atoms with Crippen LogP contribution >= 0.6 is 0 Å². The van der Waals surface area contributed by atoms with Crippen molar-refractivity contribution in [3.8, 4) is 0 Å². The fraction of sp³-hybridized carbons (Fsp3) is 0.528. The Morgan fingerprint density at radius 3 is 2.47 bits per heavy atom. The lowest BCUT2D eigenvalue weighted by Gasteiger charge is -2.42. The van der Waals surface area contributed by atoms with E-state index in [1.807, 2.05) is 36.2 Å². The van der Waals surface area contributed by atoms with Crippen molar-refractivity contribution in [2.75, 3.05) is 39.3 Å². The van der Waals surface area contributed by atoms with Gasteiger partial charge >= 0.3 is 6.03 Å². The van der Waals surface area contributed by atoms with E-state index < -0.39 is 6.04 Å². The first-order chi connectivity index (χ1) is 21.9. The molecule has 4 N–H and O–H groups in total. The van der Waals surface area contributed by atoms with Crippen molar-refractivity contribution in [2.45, 2.75) is 81.2 Å². The molecule has 1 aliphatic carbocycles. The molecule has 0 bridgehead atoms. The number of H-pyrrole nitrogens is 1. The minimum absolute atomic E-state index is 0.0458. The standard InChI is InChI=1S/C36H46N6O3/c1-24(29-23-38-31-13-5-3-11-27(29)31)32(40-35(45)39-25-9-8-16-37-22-25)34(44)42-19-14-36(15-20-42)21-28(26-10-2-4-12-30(26)36)33(43)41-17-6-7-18-41/h2-5,10-13,23-25,28,32,37-38H,6-9,14-22H2,1H3,(H2,39,40,45). The number of aromatic amines is 1. The number of para-hydroxylation sites is 1. The van der Waals surface area contributed by atoms with E-state index in [2.05, 4.69) is 56.2 Å². The van der Waals surface area contributed by atoms with Gasteiger partial charge in [-0.2, -0.15) is 0 Å². The van der Waals surface area contributed by atoms with Crippen molar-refractivity contribution >= 4 is 28.7 Å². The van der Waals surface area contributed by atoms with Crippen LogP contribution in [0.3, 0.4) is 0 Å². The summed E-state index contributed by atoms with van der Waals surface area (Å²) in [4.78, 5) is 48.7. The summed E-state index contributed by atoms with van der Waals surface area (Å²) >= 11 is 0. The fourth-order valence-corrected chi connectivity index (χ4v) is 8.49. The summed E-state index contributed by atoms with van der Waals surface area (Å²) in [6.45, 7) is 6.66. The van der Waals surface area contributed by atoms with E-state index in [0.29, 0.717) is 13.1 Å². The van der Waals surface area contributed by atoms with Crippen LogP contribution in [0.4, 0.5) is 4.79 Å². The lowest BCUT2D eigenvalue weighted by molar-refractivity contribution is -0.136. The molecule has 3 fully saturated rings. The van der Waals surface area contributed by atoms with E-state index in [4.69, 9.17) is 0 Å². The lowest BCUT2D eigenvalue weighted by atomic mass is 9.73. The summed E-state index contributed by atoms with van der Waals surface area (Å²) in [6.07, 6.45) is 8.53. The van der Waals surface area contributed by atoms with Gasteiger partial charge in [-0.3, -0.25) is 9.59 Å². The van der Waals surface area contributed by atoms with Crippen LogP contribution in [0.15, 0.2) is 54.7 Å². The number of carbonyl (C=O) groups excluding carboxylic acids is 3. The van der Waals surface area contributed by atoms with E-state index in [-0.39, 0.29) is 41.1 Å². The number of likely N-dealkylation sites (tertiary alicyclic amines) is 2. The topological polar surface area (TPSA) is 110 Å². The number of piperidine rings is 2. The second kappa shape index (κ2) is 12.5. The molecule has 1 spiro atoms. The Labute approximate surface area is 265 Å². The molecule has 2 aromatic carbocycles. The molecule has 4 aliphatic rings. The minimum Gasteiger partial charge on any atom is -0.361 e. The van der Waals surface area contributed by atoms with Crippen LogP contribution in [0.2, 0.25) is 0 Å². The zero-order valence-corrected chi connectivity index (χ0v) is 26.3. The monoisotopic (exact) mass is 610 g/mol. The summed E-state index contributed by atoms with van der Waals surface area (Å²) in [5.41, 5.74) is 4.39. The highest BCUT2D eigenvalue weighted by Gasteiger charge is 2.49. The smallest absolute Gasteiger partial charge is 0.315 e. The Kier molecular flexibility index (Phi) is 8.29. The van der Waals surface area contributed by atoms with Crippen LogP contribution < -0.4 is 16.0 Å². The van der Waals surface area contributed by atoms with Crippen LogP contribution in [0.1, 0.15) is 80.4 Å². The zero-order valence-electron chi connectivity index (χ0n) is 26.3. The van der Waals surface area contributed by atoms with Crippen LogP contribution in [0.25, 0.3) is 10.9 Å². The van der Waals surface area contributed by atoms with Crippen molar-refractivity contribution in [2.24, 2.45) is 0 Å². The molecule has 4 unspecified atom stereocenters. The largest absolute Gasteiger partial charge is 0.361 e. The summed E-state index contributed by atoms with van der Waals surface area (Å²) in [7, 11) is 0. The van der Waals surface area contributed by atoms with E-state index in [9.17, 15) is 14.4 Å². The predicted molar refractivity (Wildman–Crippen MR) is 175 cm³/mol. The summed E-state index contributed by atoms with van der Waals surface area (Å²) < 4.78 is 0. The van der Waals surface area contributed by atoms with Gasteiger partial charge in [-0.1, -0.05) is 49.4 Å². The molecule has 1 aromatic heterocycles. The van der Waals surface area contributed by atoms with Crippen LogP contribution in [-0.4, -0.2) is 84.0 Å². The van der Waals surface area contributed by atoms with E-state index in [0.717, 1.165) is 87.6 Å². The van der Waals surface area contributed by atoms with E-state index in [1.54, 1.807) is 0 Å². The number of hydrogen-bond acceptors (Lipinski definition) is 4. The first-order valence-corrected chi connectivity index (χ1v) is 16.9. The van der Waals surface area contributed by atoms with Crippen LogP contribution in [-0.2, 0) is 15.0 Å². The molecular weight excluding hydrogens is 564 g/mol. The number of benzene rings is 2. The maximum absolute atomic E-state index is 14.4. The third-order valence-corrected chi connectivity index (χ3v) is 11.0. The number of nitrogens with zero attached hydrogens (tertiary/aromatic N) is 2. The van der Waals surface area contributed by atoms with Gasteiger partial charge in [0.05, 0.1) is 5.92 Å². The van der Waals surface area contributed by atoms with Crippen molar-refractivity contribution in [3.63, 3.8) is 0 Å². The fourth-order valence-electron chi connectivity index (χ4n) is 8.49. The molecular formula is C36H46N6O3. The molecule has 9 heteroatoms. The SMILES string of the molecule is CC(c1c[nH]c2ccccc12)C(NC(=O)NC1CCCNC1)C(=O)N1CCC2(CC1)CC(C(=O)N1CCCC1)c1ccccc12. The Balaban J connectivity index is 1.10. The van der Waals surface area contributed by atoms with Crippen LogP contribution in [0, 0.1) is 0 Å². The average Bonchev–Trinajstić information content (AvgIpc) is 3.83. The lowest BCUT2D eigenvalue weighted by Crippen LogP contribution is -2.57. The number of carbonyl (C=O) groups is 3. The second-order valence-electron chi connectivity index (χ2n) is 13.7. The number of rotatable bonds is 6. The Hall–Kier alpha value is -3.85. The summed E-state index contributed by atoms with van der Waals surface area (Å²) in [6, 6.07) is 15.6. The summed E-state index contributed by atoms with van der Waals surface area (Å²) in [5.74, 6) is -0.118. The average molecular weight is 611 g/mol. The van der Waals surface area contributed by atoms with Crippen molar-refractivity contribution in [1.82, 2.24) is 30.7 Å². The zero-order chi connectivity index (χ0) is 31.0. The highest BCUT2D eigenvalue weighted by atomic mass is 16.2. The number of fused-ring (bicyclic) bond motifs is 3. The van der Waals surface area contributed by atoms with Crippen molar-refractivity contribution in [3.05, 3.63) is 71.4 Å². The van der Waals surface area contributed by atoms with Gasteiger partial charge in [-0.15, -0.1) is 0 Å². The third kappa shape index (κ3) is 5.71. The molecule has 4 atom stereocenters. The van der Waals surface area contributed by atoms with Gasteiger partial charge in [-0.05, 0) is 74.2 Å². The molecule has 3 aromatic rings. The molecule has 4 amide bonds. The molecule has 45 heavy (non-hydrogen) atoms. The van der Waals surface area contributed by atoms with E-state index in [1.165, 1.54) is 11.1 Å². The first kappa shape index (κ1) is 29.8. The van der Waals surface area contributed by atoms with Crippen LogP contribution in [0.5, 0.6) is 0 Å². The molecule has 0 saturated carbocycles. The predicted octanol–water partition coefficient (Wildman–Crippen LogP) is 4.36. The van der Waals surface area contributed by atoms with Gasteiger partial charge < -0.3 is 30.7 Å². The third-order valence-electron chi connectivity index (χ3n) is 11.0. The quantitative estimate of drug-likeness (QED) is 0.333. The van der Waals surface area contributed by atoms with Gasteiger partial charge in [0.15, 0.2) is 0 Å². The van der Waals surface area contributed by atoms with Gasteiger partial charge in [-0.25, -0.2) is 4.79 Å².